The fourth-order valence-electron chi connectivity index (χ4n) is 2.13. The third kappa shape index (κ3) is 2.58. The summed E-state index contributed by atoms with van der Waals surface area (Å²) in [6, 6.07) is 6.89. The van der Waals surface area contributed by atoms with E-state index in [0.717, 1.165) is 19.5 Å². The fraction of sp³-hybridized carbons (Fsp3) is 0.462. The SMILES string of the molecule is CN(C)C1CCN(C(=O)c2ccc(O)cc2)C1. The van der Waals surface area contributed by atoms with Crippen LogP contribution in [-0.2, 0) is 0 Å². The average molecular weight is 234 g/mol. The molecule has 1 atom stereocenters. The van der Waals surface area contributed by atoms with E-state index in [0.29, 0.717) is 11.6 Å². The molecule has 1 aromatic rings. The molecule has 0 aliphatic carbocycles. The molecule has 1 saturated heterocycles. The van der Waals surface area contributed by atoms with Gasteiger partial charge in [0.15, 0.2) is 0 Å². The topological polar surface area (TPSA) is 43.8 Å². The minimum absolute atomic E-state index is 0.0503. The number of hydrogen-bond donors (Lipinski definition) is 1. The van der Waals surface area contributed by atoms with Crippen LogP contribution in [0.15, 0.2) is 24.3 Å². The zero-order valence-corrected chi connectivity index (χ0v) is 10.3. The smallest absolute Gasteiger partial charge is 0.253 e. The highest BCUT2D eigenvalue weighted by molar-refractivity contribution is 5.94. The molecule has 0 bridgehead atoms. The quantitative estimate of drug-likeness (QED) is 0.835. The maximum atomic E-state index is 12.2. The molecular weight excluding hydrogens is 216 g/mol. The zero-order valence-electron chi connectivity index (χ0n) is 10.3. The van der Waals surface area contributed by atoms with Gasteiger partial charge in [0, 0.05) is 24.7 Å². The van der Waals surface area contributed by atoms with Crippen molar-refractivity contribution in [1.82, 2.24) is 9.80 Å². The number of nitrogens with zero attached hydrogens (tertiary/aromatic N) is 2. The average Bonchev–Trinajstić information content (AvgIpc) is 2.78. The van der Waals surface area contributed by atoms with Gasteiger partial charge in [-0.2, -0.15) is 0 Å². The highest BCUT2D eigenvalue weighted by atomic mass is 16.3. The van der Waals surface area contributed by atoms with Crippen LogP contribution < -0.4 is 0 Å². The standard InChI is InChI=1S/C13H18N2O2/c1-14(2)11-7-8-15(9-11)13(17)10-3-5-12(16)6-4-10/h3-6,11,16H,7-9H2,1-2H3. The summed E-state index contributed by atoms with van der Waals surface area (Å²) < 4.78 is 0. The van der Waals surface area contributed by atoms with E-state index in [4.69, 9.17) is 0 Å². The number of rotatable bonds is 2. The van der Waals surface area contributed by atoms with Gasteiger partial charge in [-0.1, -0.05) is 0 Å². The van der Waals surface area contributed by atoms with Crippen molar-refractivity contribution in [2.45, 2.75) is 12.5 Å². The largest absolute Gasteiger partial charge is 0.508 e. The van der Waals surface area contributed by atoms with Gasteiger partial charge in [0.05, 0.1) is 0 Å². The molecule has 1 fully saturated rings. The summed E-state index contributed by atoms with van der Waals surface area (Å²) in [6.45, 7) is 1.59. The minimum atomic E-state index is 0.0503. The Bertz CT molecular complexity index is 400. The Morgan fingerprint density at radius 3 is 2.53 bits per heavy atom. The summed E-state index contributed by atoms with van der Waals surface area (Å²) in [4.78, 5) is 16.2. The van der Waals surface area contributed by atoms with E-state index in [1.54, 1.807) is 24.3 Å². The van der Waals surface area contributed by atoms with Crippen molar-refractivity contribution in [2.24, 2.45) is 0 Å². The van der Waals surface area contributed by atoms with Gasteiger partial charge in [-0.05, 0) is 44.8 Å². The molecular formula is C13H18N2O2. The van der Waals surface area contributed by atoms with Gasteiger partial charge in [0.2, 0.25) is 0 Å². The van der Waals surface area contributed by atoms with Crippen LogP contribution in [0.4, 0.5) is 0 Å². The van der Waals surface area contributed by atoms with E-state index in [-0.39, 0.29) is 11.7 Å². The second-order valence-electron chi connectivity index (χ2n) is 4.70. The number of phenolic OH excluding ortho intramolecular Hbond substituents is 1. The van der Waals surface area contributed by atoms with Crippen molar-refractivity contribution in [1.29, 1.82) is 0 Å². The molecule has 1 unspecified atom stereocenters. The lowest BCUT2D eigenvalue weighted by Gasteiger charge is -2.20. The number of hydrogen-bond acceptors (Lipinski definition) is 3. The normalized spacial score (nSPS) is 19.9. The molecule has 0 radical (unpaired) electrons. The van der Waals surface area contributed by atoms with Crippen molar-refractivity contribution < 1.29 is 9.90 Å². The lowest BCUT2D eigenvalue weighted by Crippen LogP contribution is -2.34. The monoisotopic (exact) mass is 234 g/mol. The zero-order chi connectivity index (χ0) is 12.4. The predicted molar refractivity (Wildman–Crippen MR) is 66.1 cm³/mol. The molecule has 4 nitrogen and oxygen atoms in total. The molecule has 1 aliphatic rings. The molecule has 17 heavy (non-hydrogen) atoms. The van der Waals surface area contributed by atoms with E-state index in [1.165, 1.54) is 0 Å². The molecule has 1 aromatic carbocycles. The number of aromatic hydroxyl groups is 1. The first-order chi connectivity index (χ1) is 8.08. The van der Waals surface area contributed by atoms with E-state index < -0.39 is 0 Å². The van der Waals surface area contributed by atoms with Crippen LogP contribution in [0.1, 0.15) is 16.8 Å². The van der Waals surface area contributed by atoms with Crippen molar-refractivity contribution in [3.05, 3.63) is 29.8 Å². The molecule has 92 valence electrons. The summed E-state index contributed by atoms with van der Waals surface area (Å²) >= 11 is 0. The first-order valence-electron chi connectivity index (χ1n) is 5.82. The van der Waals surface area contributed by atoms with Crippen LogP contribution >= 0.6 is 0 Å². The van der Waals surface area contributed by atoms with Crippen LogP contribution in [0.2, 0.25) is 0 Å². The number of likely N-dealkylation sites (N-methyl/N-ethyl adjacent to an activating group) is 1. The fourth-order valence-corrected chi connectivity index (χ4v) is 2.13. The summed E-state index contributed by atoms with van der Waals surface area (Å²) in [6.07, 6.45) is 1.02. The Kier molecular flexibility index (Phi) is 3.33. The maximum absolute atomic E-state index is 12.2. The van der Waals surface area contributed by atoms with Crippen molar-refractivity contribution >= 4 is 5.91 Å². The Morgan fingerprint density at radius 1 is 1.35 bits per heavy atom. The Morgan fingerprint density at radius 2 is 2.00 bits per heavy atom. The minimum Gasteiger partial charge on any atom is -0.508 e. The predicted octanol–water partition coefficient (Wildman–Crippen LogP) is 1.17. The van der Waals surface area contributed by atoms with Crippen LogP contribution in [-0.4, -0.2) is 54.0 Å². The third-order valence-corrected chi connectivity index (χ3v) is 3.30. The van der Waals surface area contributed by atoms with E-state index in [1.807, 2.05) is 19.0 Å². The van der Waals surface area contributed by atoms with Crippen molar-refractivity contribution in [3.63, 3.8) is 0 Å². The number of carbonyl (C=O) groups is 1. The maximum Gasteiger partial charge on any atom is 0.253 e. The first kappa shape index (κ1) is 11.9. The molecule has 0 spiro atoms. The van der Waals surface area contributed by atoms with Crippen molar-refractivity contribution in [3.8, 4) is 5.75 Å². The first-order valence-corrected chi connectivity index (χ1v) is 5.82. The second kappa shape index (κ2) is 4.75. The number of amides is 1. The number of carbonyl (C=O) groups excluding carboxylic acids is 1. The van der Waals surface area contributed by atoms with E-state index in [2.05, 4.69) is 4.90 Å². The van der Waals surface area contributed by atoms with Gasteiger partial charge in [0.1, 0.15) is 5.75 Å². The van der Waals surface area contributed by atoms with Crippen LogP contribution in [0.25, 0.3) is 0 Å². The van der Waals surface area contributed by atoms with Crippen LogP contribution in [0, 0.1) is 0 Å². The van der Waals surface area contributed by atoms with Crippen LogP contribution in [0.5, 0.6) is 5.75 Å². The molecule has 0 saturated carbocycles. The molecule has 4 heteroatoms. The molecule has 1 heterocycles. The van der Waals surface area contributed by atoms with Gasteiger partial charge in [-0.3, -0.25) is 4.79 Å². The molecule has 1 N–H and O–H groups in total. The lowest BCUT2D eigenvalue weighted by atomic mass is 10.2. The Balaban J connectivity index is 2.04. The summed E-state index contributed by atoms with van der Waals surface area (Å²) in [5.74, 6) is 0.239. The van der Waals surface area contributed by atoms with E-state index in [9.17, 15) is 9.90 Å². The summed E-state index contributed by atoms with van der Waals surface area (Å²) in [5.41, 5.74) is 0.641. The van der Waals surface area contributed by atoms with Crippen molar-refractivity contribution in [2.75, 3.05) is 27.2 Å². The van der Waals surface area contributed by atoms with Gasteiger partial charge in [-0.15, -0.1) is 0 Å². The van der Waals surface area contributed by atoms with Gasteiger partial charge < -0.3 is 14.9 Å². The summed E-state index contributed by atoms with van der Waals surface area (Å²) in [7, 11) is 4.08. The number of likely N-dealkylation sites (tertiary alicyclic amines) is 1. The number of benzene rings is 1. The molecule has 1 amide bonds. The van der Waals surface area contributed by atoms with Crippen LogP contribution in [0.3, 0.4) is 0 Å². The van der Waals surface area contributed by atoms with Gasteiger partial charge in [0.25, 0.3) is 5.91 Å². The molecule has 0 aromatic heterocycles. The molecule has 2 rings (SSSR count). The third-order valence-electron chi connectivity index (χ3n) is 3.30. The highest BCUT2D eigenvalue weighted by Crippen LogP contribution is 2.17. The van der Waals surface area contributed by atoms with Gasteiger partial charge in [-0.25, -0.2) is 0 Å². The van der Waals surface area contributed by atoms with E-state index >= 15 is 0 Å². The lowest BCUT2D eigenvalue weighted by molar-refractivity contribution is 0.0783. The molecule has 1 aliphatic heterocycles. The highest BCUT2D eigenvalue weighted by Gasteiger charge is 2.27. The second-order valence-corrected chi connectivity index (χ2v) is 4.70. The van der Waals surface area contributed by atoms with Gasteiger partial charge >= 0.3 is 0 Å². The Labute approximate surface area is 101 Å². The Hall–Kier alpha value is -1.55. The number of phenols is 1. The summed E-state index contributed by atoms with van der Waals surface area (Å²) in [5, 5.41) is 9.19.